The lowest BCUT2D eigenvalue weighted by atomic mass is 10.1. The summed E-state index contributed by atoms with van der Waals surface area (Å²) in [5.74, 6) is -0.611. The summed E-state index contributed by atoms with van der Waals surface area (Å²) in [4.78, 5) is 18.9. The quantitative estimate of drug-likeness (QED) is 0.513. The van der Waals surface area contributed by atoms with E-state index in [2.05, 4.69) is 20.6 Å². The van der Waals surface area contributed by atoms with Crippen LogP contribution in [-0.2, 0) is 0 Å². The van der Waals surface area contributed by atoms with Crippen molar-refractivity contribution in [2.24, 2.45) is 0 Å². The Morgan fingerprint density at radius 2 is 1.62 bits per heavy atom. The number of rotatable bonds is 5. The van der Waals surface area contributed by atoms with Crippen LogP contribution >= 0.6 is 0 Å². The zero-order valence-electron chi connectivity index (χ0n) is 14.2. The minimum Gasteiger partial charge on any atom is -0.334 e. The van der Waals surface area contributed by atoms with Crippen molar-refractivity contribution in [3.63, 3.8) is 0 Å². The summed E-state index contributed by atoms with van der Waals surface area (Å²) in [6, 6.07) is 11.6. The molecule has 0 radical (unpaired) electrons. The maximum atomic E-state index is 13.9. The lowest BCUT2D eigenvalue weighted by molar-refractivity contribution is -0.383. The van der Waals surface area contributed by atoms with E-state index in [4.69, 9.17) is 0 Å². The molecule has 0 amide bonds. The SMILES string of the molecule is Cc1cc(C)cc(Nc2ncnc(Nc3ccccc3F)c2[N+](=O)[O-])c1. The van der Waals surface area contributed by atoms with Crippen LogP contribution in [0.1, 0.15) is 11.1 Å². The molecular weight excluding hydrogens is 337 g/mol. The monoisotopic (exact) mass is 353 g/mol. The van der Waals surface area contributed by atoms with Gasteiger partial charge in [-0.15, -0.1) is 0 Å². The van der Waals surface area contributed by atoms with E-state index in [1.54, 1.807) is 6.07 Å². The lowest BCUT2D eigenvalue weighted by Gasteiger charge is -2.11. The Hall–Kier alpha value is -3.55. The molecule has 132 valence electrons. The van der Waals surface area contributed by atoms with E-state index in [1.807, 2.05) is 32.0 Å². The van der Waals surface area contributed by atoms with Crippen LogP contribution < -0.4 is 10.6 Å². The molecule has 3 rings (SSSR count). The van der Waals surface area contributed by atoms with Crippen LogP contribution in [0, 0.1) is 29.8 Å². The Morgan fingerprint density at radius 1 is 1.00 bits per heavy atom. The van der Waals surface area contributed by atoms with Gasteiger partial charge in [0.15, 0.2) is 0 Å². The highest BCUT2D eigenvalue weighted by atomic mass is 19.1. The van der Waals surface area contributed by atoms with Crippen LogP contribution in [0.5, 0.6) is 0 Å². The van der Waals surface area contributed by atoms with E-state index in [1.165, 1.54) is 24.5 Å². The second kappa shape index (κ2) is 7.14. The summed E-state index contributed by atoms with van der Waals surface area (Å²) in [5.41, 5.74) is 2.41. The fraction of sp³-hybridized carbons (Fsp3) is 0.111. The number of benzene rings is 2. The molecule has 0 unspecified atom stereocenters. The van der Waals surface area contributed by atoms with Crippen LogP contribution in [0.2, 0.25) is 0 Å². The zero-order chi connectivity index (χ0) is 18.7. The van der Waals surface area contributed by atoms with Crippen LogP contribution in [0.4, 0.5) is 33.1 Å². The van der Waals surface area contributed by atoms with Crippen LogP contribution in [0.3, 0.4) is 0 Å². The second-order valence-corrected chi connectivity index (χ2v) is 5.78. The van der Waals surface area contributed by atoms with Crippen molar-refractivity contribution in [3.8, 4) is 0 Å². The van der Waals surface area contributed by atoms with Gasteiger partial charge in [-0.25, -0.2) is 14.4 Å². The molecule has 2 aromatic carbocycles. The van der Waals surface area contributed by atoms with Crippen molar-refractivity contribution in [2.75, 3.05) is 10.6 Å². The van der Waals surface area contributed by atoms with Crippen molar-refractivity contribution in [2.45, 2.75) is 13.8 Å². The van der Waals surface area contributed by atoms with Crippen molar-refractivity contribution in [1.82, 2.24) is 9.97 Å². The Labute approximate surface area is 149 Å². The highest BCUT2D eigenvalue weighted by Crippen LogP contribution is 2.33. The van der Waals surface area contributed by atoms with Gasteiger partial charge < -0.3 is 10.6 Å². The van der Waals surface area contributed by atoms with E-state index >= 15 is 0 Å². The van der Waals surface area contributed by atoms with Crippen molar-refractivity contribution < 1.29 is 9.31 Å². The highest BCUT2D eigenvalue weighted by Gasteiger charge is 2.24. The summed E-state index contributed by atoms with van der Waals surface area (Å²) in [5, 5.41) is 17.2. The number of hydrogen-bond acceptors (Lipinski definition) is 6. The molecule has 0 saturated carbocycles. The first-order valence-electron chi connectivity index (χ1n) is 7.80. The van der Waals surface area contributed by atoms with Crippen LogP contribution in [0.15, 0.2) is 48.8 Å². The molecule has 3 aromatic rings. The number of aromatic nitrogens is 2. The van der Waals surface area contributed by atoms with Crippen LogP contribution in [0.25, 0.3) is 0 Å². The fourth-order valence-electron chi connectivity index (χ4n) is 2.61. The molecule has 0 fully saturated rings. The maximum absolute atomic E-state index is 13.9. The van der Waals surface area contributed by atoms with Gasteiger partial charge in [-0.2, -0.15) is 0 Å². The van der Waals surface area contributed by atoms with Crippen molar-refractivity contribution in [3.05, 3.63) is 75.9 Å². The zero-order valence-corrected chi connectivity index (χ0v) is 14.2. The van der Waals surface area contributed by atoms with Crippen molar-refractivity contribution >= 4 is 28.7 Å². The van der Waals surface area contributed by atoms with E-state index < -0.39 is 10.7 Å². The van der Waals surface area contributed by atoms with Gasteiger partial charge >= 0.3 is 5.69 Å². The van der Waals surface area contributed by atoms with Gasteiger partial charge in [-0.05, 0) is 49.2 Å². The van der Waals surface area contributed by atoms with Gasteiger partial charge in [0, 0.05) is 5.69 Å². The summed E-state index contributed by atoms with van der Waals surface area (Å²) >= 11 is 0. The molecule has 0 bridgehead atoms. The third kappa shape index (κ3) is 3.75. The van der Waals surface area contributed by atoms with E-state index in [9.17, 15) is 14.5 Å². The predicted octanol–water partition coefficient (Wildman–Crippen LogP) is 4.63. The Kier molecular flexibility index (Phi) is 4.74. The number of nitro groups is 1. The molecule has 0 atom stereocenters. The summed E-state index contributed by atoms with van der Waals surface area (Å²) in [7, 11) is 0. The average Bonchev–Trinajstić information content (AvgIpc) is 2.56. The Morgan fingerprint density at radius 3 is 2.23 bits per heavy atom. The summed E-state index contributed by atoms with van der Waals surface area (Å²) in [6.07, 6.45) is 1.18. The molecule has 7 nitrogen and oxygen atoms in total. The second-order valence-electron chi connectivity index (χ2n) is 5.78. The summed E-state index contributed by atoms with van der Waals surface area (Å²) in [6.45, 7) is 3.86. The normalized spacial score (nSPS) is 10.4. The third-order valence-corrected chi connectivity index (χ3v) is 3.62. The van der Waals surface area contributed by atoms with Gasteiger partial charge in [-0.1, -0.05) is 18.2 Å². The Balaban J connectivity index is 2.01. The molecule has 0 saturated heterocycles. The number of halogens is 1. The van der Waals surface area contributed by atoms with Gasteiger partial charge in [0.05, 0.1) is 10.6 Å². The minimum absolute atomic E-state index is 0.0221. The highest BCUT2D eigenvalue weighted by molar-refractivity contribution is 5.77. The van der Waals surface area contributed by atoms with E-state index in [0.29, 0.717) is 5.69 Å². The molecule has 26 heavy (non-hydrogen) atoms. The first-order valence-corrected chi connectivity index (χ1v) is 7.80. The van der Waals surface area contributed by atoms with Crippen molar-refractivity contribution in [1.29, 1.82) is 0 Å². The van der Waals surface area contributed by atoms with Gasteiger partial charge in [0.2, 0.25) is 11.6 Å². The molecule has 0 spiro atoms. The number of nitrogens with one attached hydrogen (secondary N) is 2. The molecule has 0 aliphatic heterocycles. The number of hydrogen-bond donors (Lipinski definition) is 2. The number of para-hydroxylation sites is 1. The van der Waals surface area contributed by atoms with Gasteiger partial charge in [-0.3, -0.25) is 10.1 Å². The largest absolute Gasteiger partial charge is 0.353 e. The molecule has 1 heterocycles. The topological polar surface area (TPSA) is 93.0 Å². The van der Waals surface area contributed by atoms with E-state index in [0.717, 1.165) is 11.1 Å². The van der Waals surface area contributed by atoms with E-state index in [-0.39, 0.29) is 23.0 Å². The standard InChI is InChI=1S/C18H16FN5O2/c1-11-7-12(2)9-13(8-11)22-17-16(24(25)26)18(21-10-20-17)23-15-6-4-3-5-14(15)19/h3-10H,1-2H3,(H2,20,21,22,23). The van der Waals surface area contributed by atoms with Gasteiger partial charge in [0.25, 0.3) is 0 Å². The minimum atomic E-state index is -0.603. The molecule has 8 heteroatoms. The first kappa shape index (κ1) is 17.3. The third-order valence-electron chi connectivity index (χ3n) is 3.62. The first-order chi connectivity index (χ1) is 12.4. The van der Waals surface area contributed by atoms with Gasteiger partial charge in [0.1, 0.15) is 12.1 Å². The maximum Gasteiger partial charge on any atom is 0.353 e. The molecular formula is C18H16FN5O2. The molecule has 2 N–H and O–H groups in total. The number of aryl methyl sites for hydroxylation is 2. The predicted molar refractivity (Wildman–Crippen MR) is 97.6 cm³/mol. The number of anilines is 4. The van der Waals surface area contributed by atoms with Crippen LogP contribution in [-0.4, -0.2) is 14.9 Å². The molecule has 0 aliphatic rings. The Bertz CT molecular complexity index is 957. The lowest BCUT2D eigenvalue weighted by Crippen LogP contribution is -2.06. The molecule has 0 aliphatic carbocycles. The average molecular weight is 353 g/mol. The molecule has 1 aromatic heterocycles. The summed E-state index contributed by atoms with van der Waals surface area (Å²) < 4.78 is 13.9. The fourth-order valence-corrected chi connectivity index (χ4v) is 2.61. The number of nitrogens with zero attached hydrogens (tertiary/aromatic N) is 3. The smallest absolute Gasteiger partial charge is 0.334 e.